The minimum atomic E-state index is -0.304. The Labute approximate surface area is 115 Å². The Morgan fingerprint density at radius 2 is 2.11 bits per heavy atom. The number of amides is 1. The van der Waals surface area contributed by atoms with Crippen LogP contribution in [-0.2, 0) is 0 Å². The number of hydrogen-bond donors (Lipinski definition) is 1. The van der Waals surface area contributed by atoms with E-state index in [1.807, 2.05) is 31.1 Å². The standard InChI is InChI=1S/C12H14N4O2S/c1-16(2)12-10(14-15-19-12)11(17)13-8-6-4-5-7-9(8)18-3/h4-7H,1-3H3,(H,13,17). The summed E-state index contributed by atoms with van der Waals surface area (Å²) < 4.78 is 8.99. The molecule has 0 bridgehead atoms. The SMILES string of the molecule is COc1ccccc1NC(=O)c1nnsc1N(C)C. The number of rotatable bonds is 4. The van der Waals surface area contributed by atoms with E-state index in [1.165, 1.54) is 11.5 Å². The number of carbonyl (C=O) groups excluding carboxylic acids is 1. The molecule has 1 amide bonds. The lowest BCUT2D eigenvalue weighted by atomic mass is 10.3. The quantitative estimate of drug-likeness (QED) is 0.924. The maximum Gasteiger partial charge on any atom is 0.279 e. The van der Waals surface area contributed by atoms with Crippen molar-refractivity contribution in [2.75, 3.05) is 31.4 Å². The van der Waals surface area contributed by atoms with Gasteiger partial charge in [0.25, 0.3) is 5.91 Å². The lowest BCUT2D eigenvalue weighted by molar-refractivity contribution is 0.102. The van der Waals surface area contributed by atoms with E-state index in [1.54, 1.807) is 19.2 Å². The molecule has 6 nitrogen and oxygen atoms in total. The van der Waals surface area contributed by atoms with E-state index in [4.69, 9.17) is 4.74 Å². The summed E-state index contributed by atoms with van der Waals surface area (Å²) in [6.07, 6.45) is 0. The third-order valence-corrected chi connectivity index (χ3v) is 3.34. The average molecular weight is 278 g/mol. The number of nitrogens with one attached hydrogen (secondary N) is 1. The molecule has 19 heavy (non-hydrogen) atoms. The number of ether oxygens (including phenoxy) is 1. The average Bonchev–Trinajstić information content (AvgIpc) is 2.88. The molecule has 0 saturated carbocycles. The zero-order chi connectivity index (χ0) is 13.8. The van der Waals surface area contributed by atoms with Crippen molar-refractivity contribution in [1.29, 1.82) is 0 Å². The molecule has 0 saturated heterocycles. The van der Waals surface area contributed by atoms with E-state index in [9.17, 15) is 4.79 Å². The van der Waals surface area contributed by atoms with Gasteiger partial charge in [-0.2, -0.15) is 0 Å². The van der Waals surface area contributed by atoms with Gasteiger partial charge in [-0.05, 0) is 12.1 Å². The zero-order valence-electron chi connectivity index (χ0n) is 10.9. The molecule has 0 aliphatic heterocycles. The van der Waals surface area contributed by atoms with Gasteiger partial charge in [0.2, 0.25) is 0 Å². The summed E-state index contributed by atoms with van der Waals surface area (Å²) in [6.45, 7) is 0. The maximum atomic E-state index is 12.2. The molecule has 1 aromatic carbocycles. The molecule has 100 valence electrons. The van der Waals surface area contributed by atoms with Gasteiger partial charge >= 0.3 is 0 Å². The minimum absolute atomic E-state index is 0.304. The molecule has 1 N–H and O–H groups in total. The number of carbonyl (C=O) groups is 1. The number of benzene rings is 1. The Kier molecular flexibility index (Phi) is 3.96. The first-order valence-corrected chi connectivity index (χ1v) is 6.35. The van der Waals surface area contributed by atoms with Gasteiger partial charge in [0.05, 0.1) is 12.8 Å². The molecule has 0 spiro atoms. The third kappa shape index (κ3) is 2.82. The molecule has 7 heteroatoms. The topological polar surface area (TPSA) is 67.3 Å². The van der Waals surface area contributed by atoms with E-state index in [2.05, 4.69) is 14.9 Å². The number of anilines is 2. The van der Waals surface area contributed by atoms with Crippen LogP contribution in [0.2, 0.25) is 0 Å². The van der Waals surface area contributed by atoms with Gasteiger partial charge < -0.3 is 15.0 Å². The van der Waals surface area contributed by atoms with Crippen molar-refractivity contribution in [3.63, 3.8) is 0 Å². The normalized spacial score (nSPS) is 10.1. The molecule has 0 radical (unpaired) electrons. The smallest absolute Gasteiger partial charge is 0.279 e. The second-order valence-electron chi connectivity index (χ2n) is 3.98. The molecule has 1 heterocycles. The van der Waals surface area contributed by atoms with Crippen molar-refractivity contribution in [3.05, 3.63) is 30.0 Å². The van der Waals surface area contributed by atoms with Crippen molar-refractivity contribution in [2.45, 2.75) is 0 Å². The minimum Gasteiger partial charge on any atom is -0.495 e. The first kappa shape index (κ1) is 13.3. The fourth-order valence-electron chi connectivity index (χ4n) is 1.55. The molecular formula is C12H14N4O2S. The van der Waals surface area contributed by atoms with Gasteiger partial charge in [0.15, 0.2) is 5.69 Å². The Bertz CT molecular complexity index is 583. The van der Waals surface area contributed by atoms with Gasteiger partial charge in [-0.15, -0.1) is 5.10 Å². The predicted octanol–water partition coefficient (Wildman–Crippen LogP) is 1.86. The van der Waals surface area contributed by atoms with Crippen molar-refractivity contribution >= 4 is 28.1 Å². The molecule has 0 aliphatic rings. The van der Waals surface area contributed by atoms with Crippen LogP contribution in [0.3, 0.4) is 0 Å². The van der Waals surface area contributed by atoms with Crippen LogP contribution < -0.4 is 15.0 Å². The highest BCUT2D eigenvalue weighted by molar-refractivity contribution is 7.10. The molecular weight excluding hydrogens is 264 g/mol. The van der Waals surface area contributed by atoms with Crippen LogP contribution in [0, 0.1) is 0 Å². The van der Waals surface area contributed by atoms with E-state index < -0.39 is 0 Å². The van der Waals surface area contributed by atoms with Crippen LogP contribution in [0.15, 0.2) is 24.3 Å². The summed E-state index contributed by atoms with van der Waals surface area (Å²) in [5, 5.41) is 7.35. The first-order valence-electron chi connectivity index (χ1n) is 5.57. The van der Waals surface area contributed by atoms with Crippen molar-refractivity contribution in [1.82, 2.24) is 9.59 Å². The fraction of sp³-hybridized carbons (Fsp3) is 0.250. The Balaban J connectivity index is 2.23. The van der Waals surface area contributed by atoms with Gasteiger partial charge in [-0.3, -0.25) is 4.79 Å². The number of methoxy groups -OCH3 is 1. The molecule has 0 atom stereocenters. The van der Waals surface area contributed by atoms with Crippen molar-refractivity contribution in [2.24, 2.45) is 0 Å². The van der Waals surface area contributed by atoms with Crippen molar-refractivity contribution in [3.8, 4) is 5.75 Å². The van der Waals surface area contributed by atoms with Gasteiger partial charge in [0, 0.05) is 25.6 Å². The van der Waals surface area contributed by atoms with Crippen LogP contribution in [0.5, 0.6) is 5.75 Å². The Morgan fingerprint density at radius 1 is 1.37 bits per heavy atom. The Hall–Kier alpha value is -2.15. The number of hydrogen-bond acceptors (Lipinski definition) is 6. The lowest BCUT2D eigenvalue weighted by Crippen LogP contribution is -2.18. The van der Waals surface area contributed by atoms with Crippen LogP contribution in [0.1, 0.15) is 10.5 Å². The molecule has 1 aromatic heterocycles. The second-order valence-corrected chi connectivity index (χ2v) is 4.71. The first-order chi connectivity index (χ1) is 9.13. The fourth-order valence-corrected chi connectivity index (χ4v) is 2.13. The summed E-state index contributed by atoms with van der Waals surface area (Å²) in [7, 11) is 5.24. The summed E-state index contributed by atoms with van der Waals surface area (Å²) in [4.78, 5) is 14.0. The van der Waals surface area contributed by atoms with Gasteiger partial charge in [-0.25, -0.2) is 0 Å². The Morgan fingerprint density at radius 3 is 2.79 bits per heavy atom. The van der Waals surface area contributed by atoms with E-state index >= 15 is 0 Å². The highest BCUT2D eigenvalue weighted by Gasteiger charge is 2.19. The highest BCUT2D eigenvalue weighted by atomic mass is 32.1. The maximum absolute atomic E-state index is 12.2. The van der Waals surface area contributed by atoms with E-state index in [-0.39, 0.29) is 5.91 Å². The van der Waals surface area contributed by atoms with Gasteiger partial charge in [0.1, 0.15) is 10.8 Å². The van der Waals surface area contributed by atoms with Gasteiger partial charge in [-0.1, -0.05) is 16.6 Å². The number of aromatic nitrogens is 2. The highest BCUT2D eigenvalue weighted by Crippen LogP contribution is 2.26. The summed E-state index contributed by atoms with van der Waals surface area (Å²) >= 11 is 1.18. The molecule has 0 fully saturated rings. The molecule has 0 aliphatic carbocycles. The summed E-state index contributed by atoms with van der Waals surface area (Å²) in [5.41, 5.74) is 0.911. The van der Waals surface area contributed by atoms with Crippen molar-refractivity contribution < 1.29 is 9.53 Å². The number of para-hydroxylation sites is 2. The van der Waals surface area contributed by atoms with Crippen LogP contribution in [0.4, 0.5) is 10.7 Å². The van der Waals surface area contributed by atoms with Crippen LogP contribution in [-0.4, -0.2) is 36.7 Å². The molecule has 2 rings (SSSR count). The lowest BCUT2D eigenvalue weighted by Gasteiger charge is -2.11. The monoisotopic (exact) mass is 278 g/mol. The van der Waals surface area contributed by atoms with E-state index in [0.717, 1.165) is 0 Å². The summed E-state index contributed by atoms with van der Waals surface area (Å²) in [6, 6.07) is 7.21. The molecule has 0 unspecified atom stereocenters. The number of nitrogens with zero attached hydrogens (tertiary/aromatic N) is 3. The van der Waals surface area contributed by atoms with Crippen LogP contribution >= 0.6 is 11.5 Å². The largest absolute Gasteiger partial charge is 0.495 e. The summed E-state index contributed by atoms with van der Waals surface area (Å²) in [5.74, 6) is 0.299. The second kappa shape index (κ2) is 5.66. The predicted molar refractivity (Wildman–Crippen MR) is 75.2 cm³/mol. The molecule has 2 aromatic rings. The van der Waals surface area contributed by atoms with E-state index in [0.29, 0.717) is 22.1 Å². The zero-order valence-corrected chi connectivity index (χ0v) is 11.7. The third-order valence-electron chi connectivity index (χ3n) is 2.45. The van der Waals surface area contributed by atoms with Crippen LogP contribution in [0.25, 0.3) is 0 Å².